The van der Waals surface area contributed by atoms with E-state index >= 15 is 0 Å². The van der Waals surface area contributed by atoms with Gasteiger partial charge in [0.2, 0.25) is 0 Å². The highest BCUT2D eigenvalue weighted by molar-refractivity contribution is 5.69. The van der Waals surface area contributed by atoms with Crippen molar-refractivity contribution in [2.24, 2.45) is 0 Å². The molecule has 1 unspecified atom stereocenters. The van der Waals surface area contributed by atoms with E-state index in [0.717, 1.165) is 12.2 Å². The van der Waals surface area contributed by atoms with Crippen LogP contribution in [0.3, 0.4) is 0 Å². The molecule has 0 radical (unpaired) electrons. The molecule has 1 aromatic heterocycles. The van der Waals surface area contributed by atoms with Gasteiger partial charge < -0.3 is 10.2 Å². The molecular formula is C12H17N3. The van der Waals surface area contributed by atoms with Gasteiger partial charge in [-0.3, -0.25) is 0 Å². The molecule has 3 rings (SSSR count). The molecule has 2 aliphatic rings. The van der Waals surface area contributed by atoms with Crippen LogP contribution in [0.1, 0.15) is 25.0 Å². The summed E-state index contributed by atoms with van der Waals surface area (Å²) in [6.07, 6.45) is 3.98. The Morgan fingerprint density at radius 1 is 1.40 bits per heavy atom. The van der Waals surface area contributed by atoms with E-state index < -0.39 is 0 Å². The van der Waals surface area contributed by atoms with Gasteiger partial charge in [0.25, 0.3) is 0 Å². The number of rotatable bonds is 0. The smallest absolute Gasteiger partial charge is 0.152 e. The van der Waals surface area contributed by atoms with Gasteiger partial charge in [-0.15, -0.1) is 0 Å². The van der Waals surface area contributed by atoms with Crippen LogP contribution in [0.4, 0.5) is 11.5 Å². The zero-order valence-electron chi connectivity index (χ0n) is 9.16. The van der Waals surface area contributed by atoms with Crippen molar-refractivity contribution in [1.82, 2.24) is 4.98 Å². The number of piperidine rings is 1. The van der Waals surface area contributed by atoms with Gasteiger partial charge in [-0.2, -0.15) is 0 Å². The minimum absolute atomic E-state index is 0.667. The third-order valence-corrected chi connectivity index (χ3v) is 3.44. The number of fused-ring (bicyclic) bond motifs is 3. The molecule has 0 aromatic carbocycles. The summed E-state index contributed by atoms with van der Waals surface area (Å²) >= 11 is 0. The predicted molar refractivity (Wildman–Crippen MR) is 62.4 cm³/mol. The van der Waals surface area contributed by atoms with Crippen LogP contribution in [0.15, 0.2) is 12.1 Å². The Bertz CT molecular complexity index is 375. The van der Waals surface area contributed by atoms with E-state index in [4.69, 9.17) is 0 Å². The van der Waals surface area contributed by atoms with Gasteiger partial charge >= 0.3 is 0 Å². The number of aryl methyl sites for hydroxylation is 1. The first-order valence-electron chi connectivity index (χ1n) is 5.83. The number of pyridine rings is 1. The second kappa shape index (κ2) is 3.40. The van der Waals surface area contributed by atoms with Crippen molar-refractivity contribution in [3.63, 3.8) is 0 Å². The largest absolute Gasteiger partial charge is 0.380 e. The Morgan fingerprint density at radius 2 is 2.33 bits per heavy atom. The molecule has 1 aromatic rings. The van der Waals surface area contributed by atoms with Crippen LogP contribution < -0.4 is 10.2 Å². The third-order valence-electron chi connectivity index (χ3n) is 3.44. The molecule has 0 spiro atoms. The molecule has 3 heterocycles. The normalized spacial score (nSPS) is 24.1. The fraction of sp³-hybridized carbons (Fsp3) is 0.583. The van der Waals surface area contributed by atoms with E-state index in [9.17, 15) is 0 Å². The first-order valence-corrected chi connectivity index (χ1v) is 5.83. The molecule has 1 atom stereocenters. The molecule has 0 aliphatic carbocycles. The zero-order chi connectivity index (χ0) is 10.3. The molecule has 0 bridgehead atoms. The molecule has 15 heavy (non-hydrogen) atoms. The number of hydrogen-bond donors (Lipinski definition) is 1. The van der Waals surface area contributed by atoms with Crippen molar-refractivity contribution in [2.75, 3.05) is 23.3 Å². The Balaban J connectivity index is 2.01. The van der Waals surface area contributed by atoms with Gasteiger partial charge in [0, 0.05) is 24.8 Å². The topological polar surface area (TPSA) is 28.2 Å². The molecule has 1 saturated heterocycles. The summed E-state index contributed by atoms with van der Waals surface area (Å²) in [7, 11) is 0. The lowest BCUT2D eigenvalue weighted by Crippen LogP contribution is -2.47. The van der Waals surface area contributed by atoms with Crippen molar-refractivity contribution in [3.8, 4) is 0 Å². The first kappa shape index (κ1) is 9.01. The van der Waals surface area contributed by atoms with Gasteiger partial charge in [0.1, 0.15) is 0 Å². The number of aromatic nitrogens is 1. The standard InChI is InChI=1S/C12H17N3/c1-9-5-6-11-12(14-9)15-7-3-2-4-10(15)8-13-11/h5-6,10,13H,2-4,7-8H2,1H3. The Kier molecular flexibility index (Phi) is 2.04. The van der Waals surface area contributed by atoms with Crippen LogP contribution in [0.2, 0.25) is 0 Å². The van der Waals surface area contributed by atoms with E-state index in [1.165, 1.54) is 37.3 Å². The number of nitrogens with zero attached hydrogens (tertiary/aromatic N) is 2. The van der Waals surface area contributed by atoms with E-state index in [1.54, 1.807) is 0 Å². The van der Waals surface area contributed by atoms with Crippen molar-refractivity contribution in [3.05, 3.63) is 17.8 Å². The first-order chi connectivity index (χ1) is 7.34. The number of nitrogens with one attached hydrogen (secondary N) is 1. The molecule has 2 aliphatic heterocycles. The lowest BCUT2D eigenvalue weighted by atomic mass is 10.00. The summed E-state index contributed by atoms with van der Waals surface area (Å²) in [5.41, 5.74) is 2.32. The molecule has 1 N–H and O–H groups in total. The maximum atomic E-state index is 4.66. The van der Waals surface area contributed by atoms with Crippen LogP contribution in [0.25, 0.3) is 0 Å². The Morgan fingerprint density at radius 3 is 3.27 bits per heavy atom. The highest BCUT2D eigenvalue weighted by atomic mass is 15.3. The second-order valence-electron chi connectivity index (χ2n) is 4.55. The fourth-order valence-corrected chi connectivity index (χ4v) is 2.62. The SMILES string of the molecule is Cc1ccc2c(n1)N1CCCCC1CN2. The van der Waals surface area contributed by atoms with Gasteiger partial charge in [0.15, 0.2) is 5.82 Å². The molecule has 80 valence electrons. The molecule has 1 fully saturated rings. The molecule has 0 saturated carbocycles. The van der Waals surface area contributed by atoms with Crippen LogP contribution in [0, 0.1) is 6.92 Å². The summed E-state index contributed by atoms with van der Waals surface area (Å²) in [6, 6.07) is 4.90. The van der Waals surface area contributed by atoms with Crippen molar-refractivity contribution >= 4 is 11.5 Å². The van der Waals surface area contributed by atoms with Gasteiger partial charge in [-0.25, -0.2) is 4.98 Å². The second-order valence-corrected chi connectivity index (χ2v) is 4.55. The lowest BCUT2D eigenvalue weighted by molar-refractivity contribution is 0.462. The monoisotopic (exact) mass is 203 g/mol. The summed E-state index contributed by atoms with van der Waals surface area (Å²) in [6.45, 7) is 4.32. The van der Waals surface area contributed by atoms with E-state index in [1.807, 2.05) is 0 Å². The Labute approximate surface area is 90.5 Å². The van der Waals surface area contributed by atoms with Crippen LogP contribution in [0.5, 0.6) is 0 Å². The van der Waals surface area contributed by atoms with Crippen LogP contribution in [-0.4, -0.2) is 24.1 Å². The van der Waals surface area contributed by atoms with E-state index in [0.29, 0.717) is 6.04 Å². The molecular weight excluding hydrogens is 186 g/mol. The molecule has 3 nitrogen and oxygen atoms in total. The lowest BCUT2D eigenvalue weighted by Gasteiger charge is -2.41. The quantitative estimate of drug-likeness (QED) is 0.700. The highest BCUT2D eigenvalue weighted by Crippen LogP contribution is 2.33. The summed E-state index contributed by atoms with van der Waals surface area (Å²) in [4.78, 5) is 7.15. The summed E-state index contributed by atoms with van der Waals surface area (Å²) < 4.78 is 0. The zero-order valence-corrected chi connectivity index (χ0v) is 9.16. The van der Waals surface area contributed by atoms with E-state index in [-0.39, 0.29) is 0 Å². The summed E-state index contributed by atoms with van der Waals surface area (Å²) in [5, 5.41) is 3.48. The molecule has 0 amide bonds. The van der Waals surface area contributed by atoms with E-state index in [2.05, 4.69) is 34.3 Å². The minimum Gasteiger partial charge on any atom is -0.380 e. The number of hydrogen-bond acceptors (Lipinski definition) is 3. The third kappa shape index (κ3) is 1.46. The van der Waals surface area contributed by atoms with Crippen LogP contribution in [-0.2, 0) is 0 Å². The average molecular weight is 203 g/mol. The van der Waals surface area contributed by atoms with Gasteiger partial charge in [-0.1, -0.05) is 0 Å². The summed E-state index contributed by atoms with van der Waals surface area (Å²) in [5.74, 6) is 1.17. The maximum absolute atomic E-state index is 4.66. The van der Waals surface area contributed by atoms with Gasteiger partial charge in [-0.05, 0) is 38.3 Å². The maximum Gasteiger partial charge on any atom is 0.152 e. The Hall–Kier alpha value is -1.25. The van der Waals surface area contributed by atoms with Crippen LogP contribution >= 0.6 is 0 Å². The van der Waals surface area contributed by atoms with Gasteiger partial charge in [0.05, 0.1) is 5.69 Å². The van der Waals surface area contributed by atoms with Crippen molar-refractivity contribution in [2.45, 2.75) is 32.2 Å². The number of anilines is 2. The van der Waals surface area contributed by atoms with Crippen molar-refractivity contribution < 1.29 is 0 Å². The molecule has 3 heteroatoms. The fourth-order valence-electron chi connectivity index (χ4n) is 2.62. The average Bonchev–Trinajstić information content (AvgIpc) is 2.29. The highest BCUT2D eigenvalue weighted by Gasteiger charge is 2.29. The predicted octanol–water partition coefficient (Wildman–Crippen LogP) is 2.17. The minimum atomic E-state index is 0.667. The van der Waals surface area contributed by atoms with Crippen molar-refractivity contribution in [1.29, 1.82) is 0 Å².